The van der Waals surface area contributed by atoms with E-state index in [0.717, 1.165) is 18.6 Å². The molecule has 2 heterocycles. The van der Waals surface area contributed by atoms with Crippen molar-refractivity contribution in [3.8, 4) is 0 Å². The van der Waals surface area contributed by atoms with Crippen LogP contribution in [0.1, 0.15) is 30.4 Å². The van der Waals surface area contributed by atoms with Crippen molar-refractivity contribution < 1.29 is 4.79 Å². The van der Waals surface area contributed by atoms with Gasteiger partial charge in [-0.15, -0.1) is 11.8 Å². The second-order valence-electron chi connectivity index (χ2n) is 3.58. The van der Waals surface area contributed by atoms with Gasteiger partial charge in [-0.25, -0.2) is 9.97 Å². The Morgan fingerprint density at radius 3 is 2.79 bits per heavy atom. The number of hydrogen-bond acceptors (Lipinski definition) is 4. The highest BCUT2D eigenvalue weighted by atomic mass is 32.2. The molecule has 3 nitrogen and oxygen atoms in total. The third-order valence-electron chi connectivity index (χ3n) is 2.47. The molecule has 0 amide bonds. The predicted octanol–water partition coefficient (Wildman–Crippen LogP) is 1.95. The molecule has 0 aromatic carbocycles. The SMILES string of the molecule is CC1(C(=O)c2ncccn2)CCCS1. The second kappa shape index (κ2) is 3.69. The Morgan fingerprint density at radius 1 is 1.50 bits per heavy atom. The van der Waals surface area contributed by atoms with E-state index in [2.05, 4.69) is 9.97 Å². The first-order valence-electron chi connectivity index (χ1n) is 4.68. The number of carbonyl (C=O) groups excluding carboxylic acids is 1. The van der Waals surface area contributed by atoms with E-state index in [1.807, 2.05) is 6.92 Å². The summed E-state index contributed by atoms with van der Waals surface area (Å²) in [5, 5.41) is 0. The van der Waals surface area contributed by atoms with E-state index in [1.165, 1.54) is 0 Å². The maximum Gasteiger partial charge on any atom is 0.215 e. The van der Waals surface area contributed by atoms with E-state index in [-0.39, 0.29) is 10.5 Å². The van der Waals surface area contributed by atoms with Crippen molar-refractivity contribution in [3.05, 3.63) is 24.3 Å². The van der Waals surface area contributed by atoms with Gasteiger partial charge < -0.3 is 0 Å². The first-order chi connectivity index (χ1) is 6.72. The van der Waals surface area contributed by atoms with Crippen LogP contribution in [0, 0.1) is 0 Å². The van der Waals surface area contributed by atoms with Gasteiger partial charge in [0.25, 0.3) is 0 Å². The molecule has 1 saturated heterocycles. The first-order valence-corrected chi connectivity index (χ1v) is 5.67. The minimum atomic E-state index is -0.290. The average molecular weight is 208 g/mol. The molecule has 1 aromatic rings. The Hall–Kier alpha value is -0.900. The molecule has 4 heteroatoms. The number of carbonyl (C=O) groups is 1. The minimum absolute atomic E-state index is 0.0700. The number of thioether (sulfide) groups is 1. The molecular weight excluding hydrogens is 196 g/mol. The largest absolute Gasteiger partial charge is 0.289 e. The van der Waals surface area contributed by atoms with Crippen molar-refractivity contribution in [2.45, 2.75) is 24.5 Å². The van der Waals surface area contributed by atoms with Crippen LogP contribution < -0.4 is 0 Å². The van der Waals surface area contributed by atoms with E-state index in [9.17, 15) is 4.79 Å². The number of rotatable bonds is 2. The zero-order chi connectivity index (χ0) is 10.0. The zero-order valence-corrected chi connectivity index (χ0v) is 8.88. The van der Waals surface area contributed by atoms with E-state index in [1.54, 1.807) is 30.2 Å². The molecule has 1 atom stereocenters. The Morgan fingerprint density at radius 2 is 2.21 bits per heavy atom. The molecule has 1 aromatic heterocycles. The number of ketones is 1. The van der Waals surface area contributed by atoms with Gasteiger partial charge in [0.15, 0.2) is 5.82 Å². The summed E-state index contributed by atoms with van der Waals surface area (Å²) >= 11 is 1.72. The normalized spacial score (nSPS) is 26.4. The zero-order valence-electron chi connectivity index (χ0n) is 8.06. The van der Waals surface area contributed by atoms with Crippen LogP contribution in [0.25, 0.3) is 0 Å². The number of Topliss-reactive ketones (excluding diaryl/α,β-unsaturated/α-hetero) is 1. The Kier molecular flexibility index (Phi) is 2.54. The summed E-state index contributed by atoms with van der Waals surface area (Å²) < 4.78 is -0.290. The summed E-state index contributed by atoms with van der Waals surface area (Å²) in [5.41, 5.74) is 0. The second-order valence-corrected chi connectivity index (χ2v) is 5.18. The van der Waals surface area contributed by atoms with Gasteiger partial charge in [0.2, 0.25) is 5.78 Å². The van der Waals surface area contributed by atoms with Crippen molar-refractivity contribution in [1.82, 2.24) is 9.97 Å². The number of nitrogens with zero attached hydrogens (tertiary/aromatic N) is 2. The maximum absolute atomic E-state index is 12.0. The Bertz CT molecular complexity index is 333. The molecule has 2 rings (SSSR count). The van der Waals surface area contributed by atoms with Crippen LogP contribution in [-0.2, 0) is 0 Å². The molecule has 0 N–H and O–H groups in total. The average Bonchev–Trinajstić information content (AvgIpc) is 2.67. The molecule has 14 heavy (non-hydrogen) atoms. The fourth-order valence-corrected chi connectivity index (χ4v) is 2.86. The standard InChI is InChI=1S/C10H12N2OS/c1-10(4-2-7-14-10)8(13)9-11-5-3-6-12-9/h3,5-6H,2,4,7H2,1H3. The van der Waals surface area contributed by atoms with Gasteiger partial charge >= 0.3 is 0 Å². The minimum Gasteiger partial charge on any atom is -0.289 e. The molecule has 1 unspecified atom stereocenters. The first kappa shape index (κ1) is 9.65. The van der Waals surface area contributed by atoms with Crippen molar-refractivity contribution in [2.75, 3.05) is 5.75 Å². The van der Waals surface area contributed by atoms with Crippen LogP contribution in [-0.4, -0.2) is 26.3 Å². The van der Waals surface area contributed by atoms with E-state index in [0.29, 0.717) is 5.82 Å². The molecule has 1 aliphatic rings. The van der Waals surface area contributed by atoms with E-state index >= 15 is 0 Å². The predicted molar refractivity (Wildman–Crippen MR) is 56.5 cm³/mol. The molecular formula is C10H12N2OS. The van der Waals surface area contributed by atoms with E-state index < -0.39 is 0 Å². The molecule has 0 spiro atoms. The van der Waals surface area contributed by atoms with Crippen molar-refractivity contribution in [3.63, 3.8) is 0 Å². The van der Waals surface area contributed by atoms with Gasteiger partial charge in [-0.1, -0.05) is 0 Å². The van der Waals surface area contributed by atoms with Crippen LogP contribution in [0.15, 0.2) is 18.5 Å². The van der Waals surface area contributed by atoms with Crippen molar-refractivity contribution >= 4 is 17.5 Å². The highest BCUT2D eigenvalue weighted by Crippen LogP contribution is 2.39. The van der Waals surface area contributed by atoms with Gasteiger partial charge in [0.05, 0.1) is 4.75 Å². The van der Waals surface area contributed by atoms with Crippen LogP contribution in [0.2, 0.25) is 0 Å². The quantitative estimate of drug-likeness (QED) is 0.697. The van der Waals surface area contributed by atoms with Gasteiger partial charge in [-0.05, 0) is 31.6 Å². The maximum atomic E-state index is 12.0. The van der Waals surface area contributed by atoms with Gasteiger partial charge in [-0.2, -0.15) is 0 Å². The lowest BCUT2D eigenvalue weighted by Crippen LogP contribution is -2.30. The molecule has 74 valence electrons. The fourth-order valence-electron chi connectivity index (χ4n) is 1.61. The third kappa shape index (κ3) is 1.66. The van der Waals surface area contributed by atoms with Crippen LogP contribution in [0.5, 0.6) is 0 Å². The lowest BCUT2D eigenvalue weighted by atomic mass is 10.00. The topological polar surface area (TPSA) is 42.9 Å². The summed E-state index contributed by atoms with van der Waals surface area (Å²) in [7, 11) is 0. The van der Waals surface area contributed by atoms with Gasteiger partial charge in [0, 0.05) is 12.4 Å². The van der Waals surface area contributed by atoms with Crippen LogP contribution in [0.4, 0.5) is 0 Å². The monoisotopic (exact) mass is 208 g/mol. The highest BCUT2D eigenvalue weighted by Gasteiger charge is 2.38. The summed E-state index contributed by atoms with van der Waals surface area (Å²) in [6, 6.07) is 1.72. The summed E-state index contributed by atoms with van der Waals surface area (Å²) in [5.74, 6) is 1.49. The van der Waals surface area contributed by atoms with Crippen molar-refractivity contribution in [1.29, 1.82) is 0 Å². The highest BCUT2D eigenvalue weighted by molar-refractivity contribution is 8.01. The Labute approximate surface area is 87.3 Å². The molecule has 0 bridgehead atoms. The smallest absolute Gasteiger partial charge is 0.215 e. The van der Waals surface area contributed by atoms with Crippen LogP contribution >= 0.6 is 11.8 Å². The summed E-state index contributed by atoms with van der Waals surface area (Å²) in [6.45, 7) is 1.99. The van der Waals surface area contributed by atoms with Crippen LogP contribution in [0.3, 0.4) is 0 Å². The number of hydrogen-bond donors (Lipinski definition) is 0. The lowest BCUT2D eigenvalue weighted by Gasteiger charge is -2.19. The number of aromatic nitrogens is 2. The molecule has 1 fully saturated rings. The molecule has 0 aliphatic carbocycles. The third-order valence-corrected chi connectivity index (χ3v) is 3.99. The molecule has 1 aliphatic heterocycles. The summed E-state index contributed by atoms with van der Waals surface area (Å²) in [4.78, 5) is 20.0. The Balaban J connectivity index is 2.24. The van der Waals surface area contributed by atoms with Gasteiger partial charge in [-0.3, -0.25) is 4.79 Å². The van der Waals surface area contributed by atoms with E-state index in [4.69, 9.17) is 0 Å². The summed E-state index contributed by atoms with van der Waals surface area (Å²) in [6.07, 6.45) is 5.28. The van der Waals surface area contributed by atoms with Crippen molar-refractivity contribution in [2.24, 2.45) is 0 Å². The fraction of sp³-hybridized carbons (Fsp3) is 0.500. The van der Waals surface area contributed by atoms with Gasteiger partial charge in [0.1, 0.15) is 0 Å². The molecule has 0 radical (unpaired) electrons. The lowest BCUT2D eigenvalue weighted by molar-refractivity contribution is 0.0938. The molecule has 0 saturated carbocycles.